The summed E-state index contributed by atoms with van der Waals surface area (Å²) in [6.07, 6.45) is 0. The van der Waals surface area contributed by atoms with Crippen molar-refractivity contribution in [3.05, 3.63) is 45.7 Å². The highest BCUT2D eigenvalue weighted by Gasteiger charge is 2.25. The van der Waals surface area contributed by atoms with Crippen LogP contribution in [0.25, 0.3) is 0 Å². The van der Waals surface area contributed by atoms with Gasteiger partial charge < -0.3 is 11.1 Å². The fourth-order valence-corrected chi connectivity index (χ4v) is 2.09. The molecule has 1 aromatic carbocycles. The van der Waals surface area contributed by atoms with Gasteiger partial charge in [-0.25, -0.2) is 0 Å². The number of amides is 1. The second-order valence-electron chi connectivity index (χ2n) is 4.16. The second-order valence-corrected chi connectivity index (χ2v) is 5.07. The number of allylic oxidation sites excluding steroid dienone is 1. The number of rotatable bonds is 2. The summed E-state index contributed by atoms with van der Waals surface area (Å²) in [5.74, 6) is 0.305. The zero-order valence-electron chi connectivity index (χ0n) is 10.8. The van der Waals surface area contributed by atoms with Crippen molar-refractivity contribution in [1.29, 1.82) is 0 Å². The predicted octanol–water partition coefficient (Wildman–Crippen LogP) is 1.75. The zero-order valence-corrected chi connectivity index (χ0v) is 12.4. The smallest absolute Gasteiger partial charge is 0.276 e. The Labute approximate surface area is 120 Å². The molecule has 6 heteroatoms. The van der Waals surface area contributed by atoms with Crippen LogP contribution in [-0.4, -0.2) is 23.3 Å². The molecule has 0 aliphatic carbocycles. The van der Waals surface area contributed by atoms with E-state index in [1.54, 1.807) is 11.9 Å². The van der Waals surface area contributed by atoms with Gasteiger partial charge in [-0.05, 0) is 26.0 Å². The summed E-state index contributed by atoms with van der Waals surface area (Å²) in [6, 6.07) is 7.59. The molecule has 0 spiro atoms. The van der Waals surface area contributed by atoms with Crippen molar-refractivity contribution in [2.24, 2.45) is 10.8 Å². The fraction of sp³-hybridized carbons (Fsp3) is 0.231. The molecule has 0 aromatic heterocycles. The minimum absolute atomic E-state index is 0.227. The largest absolute Gasteiger partial charge is 0.400 e. The van der Waals surface area contributed by atoms with Gasteiger partial charge in [0, 0.05) is 22.3 Å². The first-order chi connectivity index (χ1) is 9.02. The van der Waals surface area contributed by atoms with Crippen molar-refractivity contribution < 1.29 is 4.79 Å². The molecule has 0 atom stereocenters. The van der Waals surface area contributed by atoms with Crippen LogP contribution in [0.1, 0.15) is 19.4 Å². The van der Waals surface area contributed by atoms with Crippen LogP contribution in [0.4, 0.5) is 0 Å². The average Bonchev–Trinajstić information content (AvgIpc) is 2.38. The van der Waals surface area contributed by atoms with Gasteiger partial charge in [0.25, 0.3) is 5.91 Å². The van der Waals surface area contributed by atoms with Gasteiger partial charge in [-0.15, -0.1) is 0 Å². The number of benzene rings is 1. The molecule has 3 N–H and O–H groups in total. The number of hydrogen-bond donors (Lipinski definition) is 2. The summed E-state index contributed by atoms with van der Waals surface area (Å²) in [6.45, 7) is 4.19. The number of carbonyl (C=O) groups is 1. The summed E-state index contributed by atoms with van der Waals surface area (Å²) in [5, 5.41) is 8.80. The lowest BCUT2D eigenvalue weighted by atomic mass is 10.2. The molecule has 0 bridgehead atoms. The van der Waals surface area contributed by atoms with E-state index in [4.69, 9.17) is 5.73 Å². The number of nitrogens with two attached hydrogens (primary N) is 1. The van der Waals surface area contributed by atoms with Gasteiger partial charge in [-0.3, -0.25) is 9.80 Å². The van der Waals surface area contributed by atoms with Crippen LogP contribution in [-0.2, 0) is 4.79 Å². The first-order valence-corrected chi connectivity index (χ1v) is 6.72. The highest BCUT2D eigenvalue weighted by molar-refractivity contribution is 9.10. The average molecular weight is 323 g/mol. The van der Waals surface area contributed by atoms with E-state index in [1.807, 2.05) is 31.2 Å². The first-order valence-electron chi connectivity index (χ1n) is 5.92. The molecule has 1 aliphatic heterocycles. The third kappa shape index (κ3) is 2.78. The Kier molecular flexibility index (Phi) is 3.90. The third-order valence-electron chi connectivity index (χ3n) is 2.72. The van der Waals surface area contributed by atoms with E-state index >= 15 is 0 Å². The zero-order chi connectivity index (χ0) is 14.0. The monoisotopic (exact) mass is 322 g/mol. The number of halogens is 1. The van der Waals surface area contributed by atoms with E-state index in [2.05, 4.69) is 26.3 Å². The van der Waals surface area contributed by atoms with Crippen molar-refractivity contribution >= 4 is 27.7 Å². The molecule has 1 aliphatic rings. The Morgan fingerprint density at radius 1 is 1.42 bits per heavy atom. The van der Waals surface area contributed by atoms with Gasteiger partial charge in [0.1, 0.15) is 5.70 Å². The molecule has 2 rings (SSSR count). The number of amidine groups is 1. The summed E-state index contributed by atoms with van der Waals surface area (Å²) in [5.41, 5.74) is 7.44. The van der Waals surface area contributed by atoms with E-state index in [-0.39, 0.29) is 5.91 Å². The van der Waals surface area contributed by atoms with Gasteiger partial charge in [0.15, 0.2) is 5.84 Å². The van der Waals surface area contributed by atoms with Gasteiger partial charge in [-0.1, -0.05) is 28.1 Å². The van der Waals surface area contributed by atoms with Crippen molar-refractivity contribution in [2.45, 2.75) is 13.8 Å². The van der Waals surface area contributed by atoms with Crippen molar-refractivity contribution in [2.75, 3.05) is 6.54 Å². The quantitative estimate of drug-likeness (QED) is 0.815. The van der Waals surface area contributed by atoms with Crippen LogP contribution in [0.3, 0.4) is 0 Å². The molecule has 0 radical (unpaired) electrons. The lowest BCUT2D eigenvalue weighted by molar-refractivity contribution is -0.118. The molecule has 19 heavy (non-hydrogen) atoms. The number of nitrogens with one attached hydrogen (secondary N) is 1. The van der Waals surface area contributed by atoms with Crippen LogP contribution in [0.5, 0.6) is 0 Å². The molecule has 0 unspecified atom stereocenters. The summed E-state index contributed by atoms with van der Waals surface area (Å²) in [4.78, 5) is 12.1. The van der Waals surface area contributed by atoms with E-state index in [0.717, 1.165) is 10.0 Å². The van der Waals surface area contributed by atoms with E-state index < -0.39 is 0 Å². The van der Waals surface area contributed by atoms with Crippen molar-refractivity contribution in [1.82, 2.24) is 10.3 Å². The molecule has 100 valence electrons. The maximum absolute atomic E-state index is 12.1. The van der Waals surface area contributed by atoms with Crippen LogP contribution < -0.4 is 11.1 Å². The lowest BCUT2D eigenvalue weighted by Crippen LogP contribution is -2.44. The Morgan fingerprint density at radius 3 is 2.58 bits per heavy atom. The topological polar surface area (TPSA) is 70.7 Å². The molecule has 0 saturated heterocycles. The molecule has 1 amide bonds. The standard InChI is InChI=1S/C13H15BrN4O/c1-3-18-11(8(2)15)13(19)16-12(17-18)9-4-6-10(14)7-5-9/h4-7H,3,15H2,1-2H3,(H,16,17,19)/b11-8-. The Balaban J connectivity index is 2.41. The van der Waals surface area contributed by atoms with E-state index in [9.17, 15) is 4.79 Å². The number of carbonyl (C=O) groups excluding carboxylic acids is 1. The molecule has 5 nitrogen and oxygen atoms in total. The molecule has 1 aromatic rings. The maximum atomic E-state index is 12.1. The predicted molar refractivity (Wildman–Crippen MR) is 78.1 cm³/mol. The van der Waals surface area contributed by atoms with Gasteiger partial charge in [0.2, 0.25) is 0 Å². The van der Waals surface area contributed by atoms with Gasteiger partial charge in [0.05, 0.1) is 0 Å². The second kappa shape index (κ2) is 5.44. The summed E-state index contributed by atoms with van der Waals surface area (Å²) < 4.78 is 0.977. The normalized spacial score (nSPS) is 17.9. The number of nitrogens with zero attached hydrogens (tertiary/aromatic N) is 2. The molecule has 1 heterocycles. The highest BCUT2D eigenvalue weighted by Crippen LogP contribution is 2.16. The van der Waals surface area contributed by atoms with Crippen LogP contribution >= 0.6 is 15.9 Å². The lowest BCUT2D eigenvalue weighted by Gasteiger charge is -2.27. The molecule has 0 saturated carbocycles. The summed E-state index contributed by atoms with van der Waals surface area (Å²) >= 11 is 3.37. The Morgan fingerprint density at radius 2 is 2.05 bits per heavy atom. The van der Waals surface area contributed by atoms with Gasteiger partial charge in [-0.2, -0.15) is 5.10 Å². The Bertz CT molecular complexity index is 559. The van der Waals surface area contributed by atoms with Crippen LogP contribution in [0, 0.1) is 0 Å². The number of likely N-dealkylation sites (N-methyl/N-ethyl adjacent to an activating group) is 1. The fourth-order valence-electron chi connectivity index (χ4n) is 1.83. The van der Waals surface area contributed by atoms with Gasteiger partial charge >= 0.3 is 0 Å². The Hall–Kier alpha value is -1.82. The van der Waals surface area contributed by atoms with E-state index in [1.165, 1.54) is 0 Å². The van der Waals surface area contributed by atoms with Crippen LogP contribution in [0.15, 0.2) is 45.2 Å². The SMILES string of the molecule is CCN1N=C(c2ccc(Br)cc2)NC(=O)/C1=C(\C)N. The number of hydrogen-bond acceptors (Lipinski definition) is 4. The van der Waals surface area contributed by atoms with Crippen LogP contribution in [0.2, 0.25) is 0 Å². The summed E-state index contributed by atoms with van der Waals surface area (Å²) in [7, 11) is 0. The minimum Gasteiger partial charge on any atom is -0.400 e. The number of hydrazone groups is 1. The highest BCUT2D eigenvalue weighted by atomic mass is 79.9. The van der Waals surface area contributed by atoms with Crippen molar-refractivity contribution in [3.8, 4) is 0 Å². The molecular formula is C13H15BrN4O. The molecular weight excluding hydrogens is 308 g/mol. The first kappa shape index (κ1) is 13.6. The molecule has 0 fully saturated rings. The minimum atomic E-state index is -0.227. The van der Waals surface area contributed by atoms with E-state index in [0.29, 0.717) is 23.8 Å². The maximum Gasteiger partial charge on any atom is 0.276 e. The third-order valence-corrected chi connectivity index (χ3v) is 3.25. The van der Waals surface area contributed by atoms with Crippen molar-refractivity contribution in [3.63, 3.8) is 0 Å².